The normalized spacial score (nSPS) is 9.22. The fourth-order valence-electron chi connectivity index (χ4n) is 1.92. The molecule has 0 saturated heterocycles. The van der Waals surface area contributed by atoms with Crippen LogP contribution in [0.2, 0.25) is 0 Å². The molecule has 0 radical (unpaired) electrons. The van der Waals surface area contributed by atoms with Gasteiger partial charge in [-0.25, -0.2) is 4.79 Å². The van der Waals surface area contributed by atoms with Crippen LogP contribution in [0.3, 0.4) is 0 Å². The van der Waals surface area contributed by atoms with Crippen LogP contribution in [0.4, 0.5) is 4.79 Å². The molecule has 0 spiro atoms. The molecule has 0 fully saturated rings. The largest absolute Gasteiger partial charge is 0.463 e. The van der Waals surface area contributed by atoms with Crippen molar-refractivity contribution in [2.24, 2.45) is 5.92 Å². The molecule has 0 aromatic carbocycles. The van der Waals surface area contributed by atoms with E-state index in [2.05, 4.69) is 64.2 Å². The number of rotatable bonds is 6. The SMILES string of the molecule is C.CC(=O)NC(C)C.CC(=O)OC(C)C.CC(C)C(=O)N(C)C.CC(C)N(C)C.CNC(=O)NC(C)C.CNC(=S)NC(C)C. The molecule has 13 heteroatoms. The Bertz CT molecular complexity index is 671. The van der Waals surface area contributed by atoms with Crippen LogP contribution in [-0.4, -0.2) is 111 Å². The highest BCUT2D eigenvalue weighted by Gasteiger charge is 2.07. The van der Waals surface area contributed by atoms with Crippen molar-refractivity contribution in [3.63, 3.8) is 0 Å². The zero-order valence-corrected chi connectivity index (χ0v) is 32.6. The van der Waals surface area contributed by atoms with Gasteiger partial charge >= 0.3 is 12.0 Å². The van der Waals surface area contributed by atoms with E-state index in [0.717, 1.165) is 0 Å². The lowest BCUT2D eigenvalue weighted by Gasteiger charge is -2.12. The van der Waals surface area contributed by atoms with Crippen LogP contribution in [0.5, 0.6) is 0 Å². The van der Waals surface area contributed by atoms with Crippen LogP contribution in [0.25, 0.3) is 0 Å². The molecule has 274 valence electrons. The summed E-state index contributed by atoms with van der Waals surface area (Å²) >= 11 is 4.81. The van der Waals surface area contributed by atoms with Crippen molar-refractivity contribution in [3.8, 4) is 0 Å². The van der Waals surface area contributed by atoms with E-state index in [0.29, 0.717) is 17.2 Å². The van der Waals surface area contributed by atoms with E-state index >= 15 is 0 Å². The summed E-state index contributed by atoms with van der Waals surface area (Å²) in [6, 6.07) is 1.48. The Morgan fingerprint density at radius 1 is 0.644 bits per heavy atom. The average Bonchev–Trinajstić information content (AvgIpc) is 2.82. The topological polar surface area (TPSA) is 144 Å². The van der Waals surface area contributed by atoms with Crippen molar-refractivity contribution < 1.29 is 23.9 Å². The minimum Gasteiger partial charge on any atom is -0.463 e. The summed E-state index contributed by atoms with van der Waals surface area (Å²) in [7, 11) is 11.1. The lowest BCUT2D eigenvalue weighted by atomic mass is 10.2. The number of urea groups is 1. The molecule has 0 aromatic rings. The van der Waals surface area contributed by atoms with Gasteiger partial charge in [-0.2, -0.15) is 0 Å². The predicted octanol–water partition coefficient (Wildman–Crippen LogP) is 4.62. The number of ether oxygens (including phenoxy) is 1. The van der Waals surface area contributed by atoms with Gasteiger partial charge in [-0.3, -0.25) is 14.4 Å². The van der Waals surface area contributed by atoms with Crippen molar-refractivity contribution in [1.82, 2.24) is 36.4 Å². The number of nitrogens with one attached hydrogen (secondary N) is 5. The fraction of sp³-hybridized carbons (Fsp3) is 0.844. The molecule has 0 aliphatic heterocycles. The van der Waals surface area contributed by atoms with E-state index in [-0.39, 0.29) is 55.3 Å². The Morgan fingerprint density at radius 3 is 1.04 bits per heavy atom. The zero-order chi connectivity index (χ0) is 36.7. The molecule has 0 aliphatic rings. The van der Waals surface area contributed by atoms with Crippen molar-refractivity contribution in [3.05, 3.63) is 0 Å². The van der Waals surface area contributed by atoms with Gasteiger partial charge in [-0.15, -0.1) is 0 Å². The van der Waals surface area contributed by atoms with Crippen molar-refractivity contribution in [2.75, 3.05) is 42.3 Å². The standard InChI is InChI=1S/C6H13NO.C5H12N2O.C5H12N2S.C5H11NO.C5H13N.C5H10O2.CH4/c1-5(2)6(8)7(3)4;2*1-4(2)7-5(8)6-3;1-4(2)6-5(3)7;1-5(2)6(3)4;1-4(2)7-5(3)6;/h5H,1-4H3;2*4H,1-3H3,(H2,6,7,8);4H,1-3H3,(H,6,7);5H,1-4H3;4H,1-3H3;1H4. The van der Waals surface area contributed by atoms with Crippen LogP contribution in [0, 0.1) is 5.92 Å². The molecule has 0 heterocycles. The first-order valence-corrected chi connectivity index (χ1v) is 15.5. The lowest BCUT2D eigenvalue weighted by molar-refractivity contribution is -0.144. The summed E-state index contributed by atoms with van der Waals surface area (Å²) in [6.45, 7) is 26.5. The van der Waals surface area contributed by atoms with Crippen molar-refractivity contribution in [1.29, 1.82) is 0 Å². The predicted molar refractivity (Wildman–Crippen MR) is 198 cm³/mol. The zero-order valence-electron chi connectivity index (χ0n) is 31.8. The van der Waals surface area contributed by atoms with Gasteiger partial charge in [0.25, 0.3) is 0 Å². The maximum Gasteiger partial charge on any atom is 0.314 e. The molecule has 0 saturated carbocycles. The van der Waals surface area contributed by atoms with Crippen LogP contribution >= 0.6 is 12.2 Å². The van der Waals surface area contributed by atoms with Crippen LogP contribution in [0.15, 0.2) is 0 Å². The highest BCUT2D eigenvalue weighted by atomic mass is 32.1. The van der Waals surface area contributed by atoms with E-state index in [9.17, 15) is 19.2 Å². The molecule has 5 N–H and O–H groups in total. The summed E-state index contributed by atoms with van der Waals surface area (Å²) in [4.78, 5) is 45.1. The molecule has 0 unspecified atom stereocenters. The van der Waals surface area contributed by atoms with E-state index in [1.807, 2.05) is 69.2 Å². The molecule has 0 aromatic heterocycles. The summed E-state index contributed by atoms with van der Waals surface area (Å²) in [6.07, 6.45) is 0.0255. The number of carbonyl (C=O) groups is 4. The minimum absolute atomic E-state index is 0. The molecule has 45 heavy (non-hydrogen) atoms. The van der Waals surface area contributed by atoms with E-state index in [1.54, 1.807) is 33.1 Å². The molecule has 12 nitrogen and oxygen atoms in total. The summed E-state index contributed by atoms with van der Waals surface area (Å²) in [5.74, 6) is 0.139. The Morgan fingerprint density at radius 2 is 1.00 bits per heavy atom. The first-order valence-electron chi connectivity index (χ1n) is 15.1. The Labute approximate surface area is 283 Å². The van der Waals surface area contributed by atoms with E-state index in [1.165, 1.54) is 13.8 Å². The van der Waals surface area contributed by atoms with Crippen molar-refractivity contribution in [2.45, 2.75) is 135 Å². The molecular formula is C32H75N7O5S. The molecule has 0 bridgehead atoms. The number of nitrogens with zero attached hydrogens (tertiary/aromatic N) is 2. The van der Waals surface area contributed by atoms with Crippen LogP contribution in [-0.2, 0) is 19.1 Å². The first kappa shape index (κ1) is 57.9. The fourth-order valence-corrected chi connectivity index (χ4v) is 2.16. The highest BCUT2D eigenvalue weighted by Crippen LogP contribution is 1.94. The third-order valence-corrected chi connectivity index (χ3v) is 4.48. The van der Waals surface area contributed by atoms with E-state index in [4.69, 9.17) is 12.2 Å². The van der Waals surface area contributed by atoms with Gasteiger partial charge in [0.2, 0.25) is 11.8 Å². The van der Waals surface area contributed by atoms with Crippen LogP contribution < -0.4 is 26.6 Å². The second-order valence-corrected chi connectivity index (χ2v) is 12.1. The molecule has 0 aliphatic carbocycles. The van der Waals surface area contributed by atoms with Gasteiger partial charge in [0.15, 0.2) is 5.11 Å². The number of amides is 4. The Hall–Kier alpha value is -2.67. The molecule has 4 amide bonds. The molecular weight excluding hydrogens is 594 g/mol. The smallest absolute Gasteiger partial charge is 0.314 e. The lowest BCUT2D eigenvalue weighted by Crippen LogP contribution is -2.37. The maximum atomic E-state index is 10.8. The molecule has 0 atom stereocenters. The Kier molecular flexibility index (Phi) is 48.3. The second-order valence-electron chi connectivity index (χ2n) is 11.7. The Balaban J connectivity index is -0.0000000769. The second kappa shape index (κ2) is 37.5. The number of thiocarbonyl (C=S) groups is 1. The first-order chi connectivity index (χ1) is 19.8. The number of hydrogen-bond acceptors (Lipinski definition) is 7. The summed E-state index contributed by atoms with van der Waals surface area (Å²) < 4.78 is 4.61. The van der Waals surface area contributed by atoms with Crippen molar-refractivity contribution >= 4 is 41.1 Å². The number of hydrogen-bond donors (Lipinski definition) is 5. The minimum atomic E-state index is -0.213. The summed E-state index contributed by atoms with van der Waals surface area (Å²) in [5, 5.41) is 14.3. The third-order valence-electron chi connectivity index (χ3n) is 4.15. The maximum absolute atomic E-state index is 10.8. The summed E-state index contributed by atoms with van der Waals surface area (Å²) in [5.41, 5.74) is 0. The van der Waals surface area contributed by atoms with Gasteiger partial charge in [-0.1, -0.05) is 21.3 Å². The number of carbonyl (C=O) groups excluding carboxylic acids is 4. The van der Waals surface area contributed by atoms with Crippen LogP contribution in [0.1, 0.15) is 104 Å². The van der Waals surface area contributed by atoms with Gasteiger partial charge in [-0.05, 0) is 95.6 Å². The molecule has 0 rings (SSSR count). The van der Waals surface area contributed by atoms with Gasteiger partial charge in [0, 0.05) is 72.1 Å². The van der Waals surface area contributed by atoms with Gasteiger partial charge < -0.3 is 41.1 Å². The monoisotopic (exact) mass is 670 g/mol. The highest BCUT2D eigenvalue weighted by molar-refractivity contribution is 7.80. The number of esters is 1. The van der Waals surface area contributed by atoms with Gasteiger partial charge in [0.05, 0.1) is 6.10 Å². The quantitative estimate of drug-likeness (QED) is 0.202. The van der Waals surface area contributed by atoms with Gasteiger partial charge in [0.1, 0.15) is 0 Å². The van der Waals surface area contributed by atoms with E-state index < -0.39 is 0 Å². The average molecular weight is 670 g/mol. The third kappa shape index (κ3) is 74.3.